The lowest BCUT2D eigenvalue weighted by atomic mass is 10.1. The number of nitrogens with one attached hydrogen (secondary N) is 3. The van der Waals surface area contributed by atoms with Crippen LogP contribution in [-0.2, 0) is 11.0 Å². The highest BCUT2D eigenvalue weighted by molar-refractivity contribution is 6.04. The van der Waals surface area contributed by atoms with Crippen molar-refractivity contribution in [1.29, 1.82) is 0 Å². The van der Waals surface area contributed by atoms with Crippen LogP contribution in [0.2, 0.25) is 0 Å². The summed E-state index contributed by atoms with van der Waals surface area (Å²) < 4.78 is 40.8. The first kappa shape index (κ1) is 31.6. The third kappa shape index (κ3) is 8.04. The normalized spacial score (nSPS) is 14.7. The Balaban J connectivity index is 1.19. The number of imidazole rings is 1. The molecule has 4 aromatic rings. The molecule has 3 aromatic heterocycles. The van der Waals surface area contributed by atoms with Crippen molar-refractivity contribution in [3.8, 4) is 11.3 Å². The van der Waals surface area contributed by atoms with Gasteiger partial charge in [0.05, 0.1) is 23.1 Å². The molecule has 1 aliphatic carbocycles. The maximum absolute atomic E-state index is 13.0. The standard InChI is InChI=1S/C32H35F3N8O2/c1-20(16-27(44)41-24-6-2-3-7-24)37-14-5-4-8-25-18-39-30(36)29-28(40-19-43(25)29)21-9-11-22(12-10-21)31(45)42-26-17-23(13-15-38-26)32(33,34)35/h4,8-13,15,17-20,24,37H,2-3,5-7,14,16H2,1H3,(H2,36,39)(H,41,44)(H,38,42,45)/b8-4+. The van der Waals surface area contributed by atoms with Gasteiger partial charge in [0.25, 0.3) is 5.91 Å². The summed E-state index contributed by atoms with van der Waals surface area (Å²) in [5.74, 6) is -0.434. The minimum absolute atomic E-state index is 0.0654. The van der Waals surface area contributed by atoms with Crippen LogP contribution in [0.25, 0.3) is 22.9 Å². The first-order valence-electron chi connectivity index (χ1n) is 14.8. The van der Waals surface area contributed by atoms with Crippen LogP contribution < -0.4 is 21.7 Å². The zero-order valence-electron chi connectivity index (χ0n) is 24.8. The Morgan fingerprint density at radius 3 is 2.60 bits per heavy atom. The number of hydrogen-bond donors (Lipinski definition) is 4. The second kappa shape index (κ2) is 13.9. The van der Waals surface area contributed by atoms with Gasteiger partial charge < -0.3 is 21.7 Å². The molecule has 13 heteroatoms. The summed E-state index contributed by atoms with van der Waals surface area (Å²) in [6, 6.07) is 8.45. The second-order valence-corrected chi connectivity index (χ2v) is 11.1. The molecule has 1 unspecified atom stereocenters. The summed E-state index contributed by atoms with van der Waals surface area (Å²) in [5.41, 5.74) is 8.16. The van der Waals surface area contributed by atoms with Crippen molar-refractivity contribution in [2.24, 2.45) is 0 Å². The number of carbonyl (C=O) groups is 2. The molecule has 2 amide bonds. The van der Waals surface area contributed by atoms with Gasteiger partial charge in [0.1, 0.15) is 23.5 Å². The van der Waals surface area contributed by atoms with Crippen LogP contribution in [0, 0.1) is 0 Å². The maximum Gasteiger partial charge on any atom is 0.416 e. The van der Waals surface area contributed by atoms with Crippen LogP contribution in [-0.4, -0.2) is 49.8 Å². The molecule has 1 aliphatic rings. The number of aromatic nitrogens is 4. The van der Waals surface area contributed by atoms with Crippen molar-refractivity contribution in [3.05, 3.63) is 78.0 Å². The van der Waals surface area contributed by atoms with E-state index in [2.05, 4.69) is 30.9 Å². The minimum Gasteiger partial charge on any atom is -0.382 e. The predicted octanol–water partition coefficient (Wildman–Crippen LogP) is 5.47. The van der Waals surface area contributed by atoms with Gasteiger partial charge in [-0.25, -0.2) is 15.0 Å². The highest BCUT2D eigenvalue weighted by Gasteiger charge is 2.31. The Bertz CT molecular complexity index is 1680. The lowest BCUT2D eigenvalue weighted by Gasteiger charge is -2.16. The molecule has 10 nitrogen and oxygen atoms in total. The van der Waals surface area contributed by atoms with Crippen molar-refractivity contribution in [3.63, 3.8) is 0 Å². The molecule has 5 rings (SSSR count). The lowest BCUT2D eigenvalue weighted by molar-refractivity contribution is -0.137. The molecular weight excluding hydrogens is 585 g/mol. The fourth-order valence-electron chi connectivity index (χ4n) is 5.35. The first-order valence-corrected chi connectivity index (χ1v) is 14.8. The minimum atomic E-state index is -4.55. The van der Waals surface area contributed by atoms with E-state index < -0.39 is 17.6 Å². The summed E-state index contributed by atoms with van der Waals surface area (Å²) in [7, 11) is 0. The Kier molecular flexibility index (Phi) is 9.77. The van der Waals surface area contributed by atoms with Crippen LogP contribution in [0.4, 0.5) is 24.8 Å². The van der Waals surface area contributed by atoms with Gasteiger partial charge in [0, 0.05) is 35.8 Å². The van der Waals surface area contributed by atoms with E-state index in [1.165, 1.54) is 12.8 Å². The monoisotopic (exact) mass is 620 g/mol. The van der Waals surface area contributed by atoms with Crippen molar-refractivity contribution in [1.82, 2.24) is 30.0 Å². The quantitative estimate of drug-likeness (QED) is 0.163. The lowest BCUT2D eigenvalue weighted by Crippen LogP contribution is -2.38. The number of alkyl halides is 3. The number of carbonyl (C=O) groups excluding carboxylic acids is 2. The van der Waals surface area contributed by atoms with Crippen LogP contribution in [0.3, 0.4) is 0 Å². The molecule has 236 valence electrons. The topological polar surface area (TPSA) is 139 Å². The highest BCUT2D eigenvalue weighted by Crippen LogP contribution is 2.30. The maximum atomic E-state index is 13.0. The second-order valence-electron chi connectivity index (χ2n) is 11.1. The van der Waals surface area contributed by atoms with Gasteiger partial charge in [-0.2, -0.15) is 13.2 Å². The first-order chi connectivity index (χ1) is 21.6. The van der Waals surface area contributed by atoms with Crippen molar-refractivity contribution >= 4 is 35.0 Å². The number of rotatable bonds is 11. The number of pyridine rings is 1. The average Bonchev–Trinajstić information content (AvgIpc) is 3.69. The van der Waals surface area contributed by atoms with Crippen LogP contribution >= 0.6 is 0 Å². The van der Waals surface area contributed by atoms with E-state index in [-0.39, 0.29) is 29.1 Å². The fourth-order valence-corrected chi connectivity index (χ4v) is 5.35. The number of amides is 2. The van der Waals surface area contributed by atoms with Crippen molar-refractivity contribution in [2.45, 2.75) is 63.7 Å². The molecule has 5 N–H and O–H groups in total. The molecule has 1 aromatic carbocycles. The molecule has 45 heavy (non-hydrogen) atoms. The van der Waals surface area contributed by atoms with E-state index >= 15 is 0 Å². The summed E-state index contributed by atoms with van der Waals surface area (Å²) >= 11 is 0. The largest absolute Gasteiger partial charge is 0.416 e. The molecule has 0 radical (unpaired) electrons. The smallest absolute Gasteiger partial charge is 0.382 e. The Labute approximate surface area is 258 Å². The molecule has 0 aliphatic heterocycles. The highest BCUT2D eigenvalue weighted by atomic mass is 19.4. The Morgan fingerprint density at radius 1 is 1.11 bits per heavy atom. The molecular formula is C32H35F3N8O2. The van der Waals surface area contributed by atoms with Gasteiger partial charge in [-0.05, 0) is 63.1 Å². The molecule has 0 spiro atoms. The van der Waals surface area contributed by atoms with Crippen molar-refractivity contribution in [2.75, 3.05) is 17.6 Å². The van der Waals surface area contributed by atoms with Crippen LogP contribution in [0.15, 0.2) is 61.2 Å². The average molecular weight is 621 g/mol. The molecule has 3 heterocycles. The Morgan fingerprint density at radius 2 is 1.87 bits per heavy atom. The number of hydrogen-bond acceptors (Lipinski definition) is 7. The zero-order chi connectivity index (χ0) is 32.0. The summed E-state index contributed by atoms with van der Waals surface area (Å²) in [6.07, 6.45) is 9.38. The number of fused-ring (bicyclic) bond motifs is 1. The van der Waals surface area contributed by atoms with E-state index in [4.69, 9.17) is 5.73 Å². The van der Waals surface area contributed by atoms with E-state index in [0.717, 1.165) is 43.3 Å². The van der Waals surface area contributed by atoms with Crippen LogP contribution in [0.5, 0.6) is 0 Å². The van der Waals surface area contributed by atoms with Crippen molar-refractivity contribution < 1.29 is 22.8 Å². The molecule has 0 bridgehead atoms. The zero-order valence-corrected chi connectivity index (χ0v) is 24.8. The Hall–Kier alpha value is -4.78. The third-order valence-electron chi connectivity index (χ3n) is 7.68. The molecule has 1 atom stereocenters. The van der Waals surface area contributed by atoms with Gasteiger partial charge in [-0.3, -0.25) is 14.0 Å². The number of halogens is 3. The predicted molar refractivity (Wildman–Crippen MR) is 166 cm³/mol. The van der Waals surface area contributed by atoms with E-state index in [9.17, 15) is 22.8 Å². The van der Waals surface area contributed by atoms with Gasteiger partial charge >= 0.3 is 6.18 Å². The van der Waals surface area contributed by atoms with E-state index in [1.54, 1.807) is 36.8 Å². The number of nitrogens with two attached hydrogens (primary N) is 1. The molecule has 1 fully saturated rings. The number of nitrogen functional groups attached to an aromatic ring is 1. The van der Waals surface area contributed by atoms with E-state index in [1.807, 2.05) is 23.5 Å². The van der Waals surface area contributed by atoms with Gasteiger partial charge in [0.2, 0.25) is 5.91 Å². The summed E-state index contributed by atoms with van der Waals surface area (Å²) in [6.45, 7) is 2.71. The number of benzene rings is 1. The SMILES string of the molecule is CC(CC(=O)NC1CCCC1)NCC/C=C/c1cnc(N)c2c(-c3ccc(C(=O)Nc4cc(C(F)(F)F)ccn4)cc3)ncn12. The summed E-state index contributed by atoms with van der Waals surface area (Å²) in [5, 5.41) is 8.90. The van der Waals surface area contributed by atoms with Crippen LogP contribution in [0.1, 0.15) is 67.1 Å². The molecule has 0 saturated heterocycles. The summed E-state index contributed by atoms with van der Waals surface area (Å²) in [4.78, 5) is 37.6. The number of nitrogens with zero attached hydrogens (tertiary/aromatic N) is 4. The number of anilines is 2. The third-order valence-corrected chi connectivity index (χ3v) is 7.68. The molecule has 1 saturated carbocycles. The van der Waals surface area contributed by atoms with Gasteiger partial charge in [0.15, 0.2) is 0 Å². The van der Waals surface area contributed by atoms with Gasteiger partial charge in [-0.1, -0.05) is 31.1 Å². The van der Waals surface area contributed by atoms with Gasteiger partial charge in [-0.15, -0.1) is 0 Å². The van der Waals surface area contributed by atoms with E-state index in [0.29, 0.717) is 35.8 Å². The fraction of sp³-hybridized carbons (Fsp3) is 0.344.